The van der Waals surface area contributed by atoms with E-state index in [2.05, 4.69) is 17.6 Å². The number of carbonyl (C=O) groups excluding carboxylic acids is 3. The number of nitrogens with zero attached hydrogens (tertiary/aromatic N) is 2. The smallest absolute Gasteiger partial charge is 0.253 e. The Kier molecular flexibility index (Phi) is 7.27. The van der Waals surface area contributed by atoms with Crippen LogP contribution in [-0.2, 0) is 4.79 Å². The Hall–Kier alpha value is -3.35. The molecule has 0 bridgehead atoms. The fraction of sp³-hybridized carbons (Fsp3) is 0.423. The molecule has 7 heteroatoms. The van der Waals surface area contributed by atoms with Gasteiger partial charge in [-0.05, 0) is 74.1 Å². The summed E-state index contributed by atoms with van der Waals surface area (Å²) in [5.74, 6) is 0.549. The number of nitrogens with one attached hydrogen (secondary N) is 2. The third-order valence-electron chi connectivity index (χ3n) is 6.44. The van der Waals surface area contributed by atoms with E-state index in [1.807, 2.05) is 21.9 Å². The second-order valence-electron chi connectivity index (χ2n) is 9.03. The van der Waals surface area contributed by atoms with E-state index in [0.717, 1.165) is 57.5 Å². The van der Waals surface area contributed by atoms with Crippen LogP contribution < -0.4 is 10.6 Å². The minimum atomic E-state index is -0.205. The first kappa shape index (κ1) is 22.8. The van der Waals surface area contributed by atoms with Crippen LogP contribution in [0.15, 0.2) is 48.5 Å². The summed E-state index contributed by atoms with van der Waals surface area (Å²) in [6.07, 6.45) is 4.19. The van der Waals surface area contributed by atoms with Gasteiger partial charge >= 0.3 is 0 Å². The number of piperidine rings is 1. The van der Waals surface area contributed by atoms with Crippen molar-refractivity contribution in [2.75, 3.05) is 43.4 Å². The van der Waals surface area contributed by atoms with Gasteiger partial charge in [0.05, 0.1) is 6.54 Å². The number of hydrogen-bond acceptors (Lipinski definition) is 4. The van der Waals surface area contributed by atoms with E-state index >= 15 is 0 Å². The van der Waals surface area contributed by atoms with Gasteiger partial charge in [0.2, 0.25) is 5.91 Å². The molecule has 2 aliphatic heterocycles. The largest absolute Gasteiger partial charge is 0.376 e. The molecule has 2 N–H and O–H groups in total. The van der Waals surface area contributed by atoms with Crippen molar-refractivity contribution in [3.63, 3.8) is 0 Å². The first-order valence-corrected chi connectivity index (χ1v) is 11.8. The van der Waals surface area contributed by atoms with Crippen LogP contribution in [0.3, 0.4) is 0 Å². The van der Waals surface area contributed by atoms with Crippen molar-refractivity contribution < 1.29 is 14.4 Å². The highest BCUT2D eigenvalue weighted by Crippen LogP contribution is 2.19. The first-order chi connectivity index (χ1) is 16.0. The summed E-state index contributed by atoms with van der Waals surface area (Å²) in [5, 5.41) is 5.93. The molecule has 174 valence electrons. The summed E-state index contributed by atoms with van der Waals surface area (Å²) in [6.45, 7) is 5.52. The standard InChI is InChI=1S/C26H32N4O3/c1-19-11-15-30(16-12-19)25(32)20-7-9-22(10-8-20)27-18-24(31)28-23-6-4-5-21(17-23)26(33)29-13-2-3-14-29/h4-10,17,19,27H,2-3,11-16,18H2,1H3,(H,28,31). The van der Waals surface area contributed by atoms with Gasteiger partial charge in [-0.1, -0.05) is 13.0 Å². The van der Waals surface area contributed by atoms with Crippen molar-refractivity contribution in [2.45, 2.75) is 32.6 Å². The van der Waals surface area contributed by atoms with Crippen LogP contribution in [-0.4, -0.2) is 60.2 Å². The third-order valence-corrected chi connectivity index (χ3v) is 6.44. The number of benzene rings is 2. The number of hydrogen-bond donors (Lipinski definition) is 2. The van der Waals surface area contributed by atoms with Crippen molar-refractivity contribution in [3.8, 4) is 0 Å². The molecule has 0 atom stereocenters. The molecule has 2 heterocycles. The molecule has 3 amide bonds. The Morgan fingerprint density at radius 3 is 2.15 bits per heavy atom. The lowest BCUT2D eigenvalue weighted by atomic mass is 9.98. The summed E-state index contributed by atoms with van der Waals surface area (Å²) < 4.78 is 0. The Morgan fingerprint density at radius 1 is 0.818 bits per heavy atom. The number of carbonyl (C=O) groups is 3. The SMILES string of the molecule is CC1CCN(C(=O)c2ccc(NCC(=O)Nc3cccc(C(=O)N4CCCC4)c3)cc2)CC1. The Bertz CT molecular complexity index is 991. The van der Waals surface area contributed by atoms with Crippen LogP contribution in [0.2, 0.25) is 0 Å². The lowest BCUT2D eigenvalue weighted by Crippen LogP contribution is -2.37. The van der Waals surface area contributed by atoms with Gasteiger partial charge < -0.3 is 20.4 Å². The molecular formula is C26H32N4O3. The quantitative estimate of drug-likeness (QED) is 0.703. The normalized spacial score (nSPS) is 16.5. The van der Waals surface area contributed by atoms with Gasteiger partial charge in [0.25, 0.3) is 11.8 Å². The highest BCUT2D eigenvalue weighted by Gasteiger charge is 2.21. The predicted octanol–water partition coefficient (Wildman–Crippen LogP) is 3.85. The van der Waals surface area contributed by atoms with Gasteiger partial charge in [0.15, 0.2) is 0 Å². The van der Waals surface area contributed by atoms with Crippen LogP contribution in [0.5, 0.6) is 0 Å². The van der Waals surface area contributed by atoms with E-state index in [0.29, 0.717) is 22.7 Å². The van der Waals surface area contributed by atoms with Crippen molar-refractivity contribution >= 4 is 29.1 Å². The molecule has 0 spiro atoms. The van der Waals surface area contributed by atoms with Gasteiger partial charge in [-0.2, -0.15) is 0 Å². The highest BCUT2D eigenvalue weighted by molar-refractivity contribution is 5.98. The minimum Gasteiger partial charge on any atom is -0.376 e. The summed E-state index contributed by atoms with van der Waals surface area (Å²) in [6, 6.07) is 14.3. The van der Waals surface area contributed by atoms with E-state index in [1.165, 1.54) is 0 Å². The summed E-state index contributed by atoms with van der Waals surface area (Å²) in [5.41, 5.74) is 2.63. The molecule has 4 rings (SSSR count). The second kappa shape index (κ2) is 10.5. The first-order valence-electron chi connectivity index (χ1n) is 11.8. The predicted molar refractivity (Wildman–Crippen MR) is 129 cm³/mol. The summed E-state index contributed by atoms with van der Waals surface area (Å²) in [4.78, 5) is 41.4. The molecule has 0 radical (unpaired) electrons. The maximum Gasteiger partial charge on any atom is 0.253 e. The Balaban J connectivity index is 1.27. The lowest BCUT2D eigenvalue weighted by molar-refractivity contribution is -0.114. The molecule has 2 aromatic rings. The molecule has 0 unspecified atom stereocenters. The number of rotatable bonds is 6. The Morgan fingerprint density at radius 2 is 1.45 bits per heavy atom. The molecule has 0 aromatic heterocycles. The molecule has 2 saturated heterocycles. The number of anilines is 2. The molecule has 2 fully saturated rings. The number of likely N-dealkylation sites (tertiary alicyclic amines) is 2. The van der Waals surface area contributed by atoms with E-state index in [-0.39, 0.29) is 24.3 Å². The van der Waals surface area contributed by atoms with Crippen LogP contribution in [0.1, 0.15) is 53.3 Å². The molecule has 33 heavy (non-hydrogen) atoms. The summed E-state index contributed by atoms with van der Waals surface area (Å²) >= 11 is 0. The average Bonchev–Trinajstić information content (AvgIpc) is 3.38. The van der Waals surface area contributed by atoms with Gasteiger partial charge in [-0.15, -0.1) is 0 Å². The van der Waals surface area contributed by atoms with Crippen molar-refractivity contribution in [1.82, 2.24) is 9.80 Å². The molecule has 2 aliphatic rings. The average molecular weight is 449 g/mol. The number of amides is 3. The highest BCUT2D eigenvalue weighted by atomic mass is 16.2. The molecular weight excluding hydrogens is 416 g/mol. The van der Waals surface area contributed by atoms with Crippen LogP contribution in [0.25, 0.3) is 0 Å². The zero-order valence-corrected chi connectivity index (χ0v) is 19.2. The van der Waals surface area contributed by atoms with E-state index in [1.54, 1.807) is 36.4 Å². The fourth-order valence-electron chi connectivity index (χ4n) is 4.35. The second-order valence-corrected chi connectivity index (χ2v) is 9.03. The molecule has 7 nitrogen and oxygen atoms in total. The lowest BCUT2D eigenvalue weighted by Gasteiger charge is -2.30. The molecule has 0 saturated carbocycles. The van der Waals surface area contributed by atoms with Crippen LogP contribution in [0.4, 0.5) is 11.4 Å². The van der Waals surface area contributed by atoms with Crippen LogP contribution in [0, 0.1) is 5.92 Å². The van der Waals surface area contributed by atoms with E-state index < -0.39 is 0 Å². The summed E-state index contributed by atoms with van der Waals surface area (Å²) in [7, 11) is 0. The van der Waals surface area contributed by atoms with Gasteiger partial charge in [0, 0.05) is 48.7 Å². The maximum atomic E-state index is 12.7. The third kappa shape index (κ3) is 5.92. The van der Waals surface area contributed by atoms with Gasteiger partial charge in [-0.25, -0.2) is 0 Å². The van der Waals surface area contributed by atoms with Gasteiger partial charge in [-0.3, -0.25) is 14.4 Å². The maximum absolute atomic E-state index is 12.7. The minimum absolute atomic E-state index is 0.00965. The zero-order valence-electron chi connectivity index (χ0n) is 19.2. The zero-order chi connectivity index (χ0) is 23.2. The van der Waals surface area contributed by atoms with Crippen molar-refractivity contribution in [3.05, 3.63) is 59.7 Å². The van der Waals surface area contributed by atoms with E-state index in [9.17, 15) is 14.4 Å². The van der Waals surface area contributed by atoms with Crippen LogP contribution >= 0.6 is 0 Å². The van der Waals surface area contributed by atoms with Crippen molar-refractivity contribution in [1.29, 1.82) is 0 Å². The monoisotopic (exact) mass is 448 g/mol. The van der Waals surface area contributed by atoms with Crippen molar-refractivity contribution in [2.24, 2.45) is 5.92 Å². The molecule has 2 aromatic carbocycles. The Labute approximate surface area is 195 Å². The molecule has 0 aliphatic carbocycles. The fourth-order valence-corrected chi connectivity index (χ4v) is 4.35. The van der Waals surface area contributed by atoms with Gasteiger partial charge in [0.1, 0.15) is 0 Å². The topological polar surface area (TPSA) is 81.8 Å². The van der Waals surface area contributed by atoms with E-state index in [4.69, 9.17) is 0 Å².